The van der Waals surface area contributed by atoms with E-state index >= 15 is 0 Å². The number of piperidine rings is 2. The van der Waals surface area contributed by atoms with Crippen LogP contribution in [0.4, 0.5) is 0 Å². The first-order chi connectivity index (χ1) is 10.2. The summed E-state index contributed by atoms with van der Waals surface area (Å²) in [5.74, 6) is 1.79. The van der Waals surface area contributed by atoms with Crippen LogP contribution in [0, 0.1) is 5.92 Å². The van der Waals surface area contributed by atoms with E-state index in [9.17, 15) is 9.59 Å². The van der Waals surface area contributed by atoms with Gasteiger partial charge in [-0.05, 0) is 31.6 Å². The molecule has 6 heteroatoms. The molecule has 1 aliphatic carbocycles. The van der Waals surface area contributed by atoms with Crippen molar-refractivity contribution in [2.75, 3.05) is 13.1 Å². The number of aromatic nitrogens is 1. The molecule has 1 saturated carbocycles. The summed E-state index contributed by atoms with van der Waals surface area (Å²) in [5, 5.41) is 6.97. The standard InChI is InChI=1S/C15H19N3O3/c19-14-4-3-10-8-18(6-5-11(10)16-14)15(20)12-7-13(21-17-12)9-1-2-9/h7,9-11H,1-6,8H2,(H,16,19). The average molecular weight is 289 g/mol. The third-order valence-corrected chi connectivity index (χ3v) is 4.84. The minimum atomic E-state index is -0.0407. The number of fused-ring (bicyclic) bond motifs is 1. The van der Waals surface area contributed by atoms with Crippen molar-refractivity contribution in [3.63, 3.8) is 0 Å². The number of nitrogens with one attached hydrogen (secondary N) is 1. The summed E-state index contributed by atoms with van der Waals surface area (Å²) in [5.41, 5.74) is 0.426. The second-order valence-electron chi connectivity index (χ2n) is 6.40. The lowest BCUT2D eigenvalue weighted by molar-refractivity contribution is -0.125. The van der Waals surface area contributed by atoms with Crippen molar-refractivity contribution in [3.8, 4) is 0 Å². The van der Waals surface area contributed by atoms with Crippen LogP contribution < -0.4 is 5.32 Å². The lowest BCUT2D eigenvalue weighted by Crippen LogP contribution is -2.55. The molecule has 0 aromatic carbocycles. The number of hydrogen-bond acceptors (Lipinski definition) is 4. The maximum absolute atomic E-state index is 12.5. The number of nitrogens with zero attached hydrogens (tertiary/aromatic N) is 2. The molecule has 4 rings (SSSR count). The molecule has 1 N–H and O–H groups in total. The number of carbonyl (C=O) groups excluding carboxylic acids is 2. The SMILES string of the molecule is O=C1CCC2CN(C(=O)c3cc(C4CC4)on3)CCC2N1. The molecule has 2 aliphatic heterocycles. The fourth-order valence-corrected chi connectivity index (χ4v) is 3.41. The predicted octanol–water partition coefficient (Wildman–Crippen LogP) is 1.29. The Morgan fingerprint density at radius 1 is 1.33 bits per heavy atom. The minimum absolute atomic E-state index is 0.0407. The van der Waals surface area contributed by atoms with Crippen LogP contribution in [0.25, 0.3) is 0 Å². The zero-order valence-corrected chi connectivity index (χ0v) is 11.9. The van der Waals surface area contributed by atoms with Gasteiger partial charge in [0.05, 0.1) is 0 Å². The fraction of sp³-hybridized carbons (Fsp3) is 0.667. The van der Waals surface area contributed by atoms with E-state index in [4.69, 9.17) is 4.52 Å². The Balaban J connectivity index is 1.43. The van der Waals surface area contributed by atoms with E-state index < -0.39 is 0 Å². The maximum atomic E-state index is 12.5. The van der Waals surface area contributed by atoms with Gasteiger partial charge in [-0.1, -0.05) is 5.16 Å². The molecule has 2 saturated heterocycles. The Hall–Kier alpha value is -1.85. The summed E-state index contributed by atoms with van der Waals surface area (Å²) in [7, 11) is 0. The van der Waals surface area contributed by atoms with Gasteiger partial charge >= 0.3 is 0 Å². The van der Waals surface area contributed by atoms with Gasteiger partial charge in [-0.15, -0.1) is 0 Å². The fourth-order valence-electron chi connectivity index (χ4n) is 3.41. The van der Waals surface area contributed by atoms with Gasteiger partial charge in [0, 0.05) is 37.5 Å². The van der Waals surface area contributed by atoms with Crippen LogP contribution in [0.3, 0.4) is 0 Å². The molecule has 21 heavy (non-hydrogen) atoms. The Kier molecular flexibility index (Phi) is 2.97. The Morgan fingerprint density at radius 3 is 3.00 bits per heavy atom. The van der Waals surface area contributed by atoms with Crippen molar-refractivity contribution in [2.45, 2.75) is 44.1 Å². The van der Waals surface area contributed by atoms with Gasteiger partial charge in [0.2, 0.25) is 5.91 Å². The van der Waals surface area contributed by atoms with Crippen molar-refractivity contribution in [1.29, 1.82) is 0 Å². The number of amides is 2. The van der Waals surface area contributed by atoms with E-state index in [1.807, 2.05) is 4.90 Å². The molecule has 0 bridgehead atoms. The van der Waals surface area contributed by atoms with Crippen LogP contribution in [0.1, 0.15) is 54.3 Å². The van der Waals surface area contributed by atoms with E-state index in [2.05, 4.69) is 10.5 Å². The molecule has 1 aromatic rings. The molecule has 3 aliphatic rings. The summed E-state index contributed by atoms with van der Waals surface area (Å²) in [6.07, 6.45) is 4.53. The third-order valence-electron chi connectivity index (χ3n) is 4.84. The van der Waals surface area contributed by atoms with Crippen LogP contribution in [0.2, 0.25) is 0 Å². The van der Waals surface area contributed by atoms with E-state index in [0.717, 1.165) is 31.4 Å². The minimum Gasteiger partial charge on any atom is -0.360 e. The highest BCUT2D eigenvalue weighted by atomic mass is 16.5. The summed E-state index contributed by atoms with van der Waals surface area (Å²) in [6, 6.07) is 2.03. The van der Waals surface area contributed by atoms with Crippen LogP contribution in [-0.2, 0) is 4.79 Å². The quantitative estimate of drug-likeness (QED) is 0.890. The van der Waals surface area contributed by atoms with Gasteiger partial charge in [0.15, 0.2) is 5.69 Å². The zero-order chi connectivity index (χ0) is 14.4. The number of likely N-dealkylation sites (tertiary alicyclic amines) is 1. The molecule has 3 fully saturated rings. The maximum Gasteiger partial charge on any atom is 0.276 e. The monoisotopic (exact) mass is 289 g/mol. The summed E-state index contributed by atoms with van der Waals surface area (Å²) < 4.78 is 5.27. The van der Waals surface area contributed by atoms with Crippen molar-refractivity contribution < 1.29 is 14.1 Å². The van der Waals surface area contributed by atoms with Gasteiger partial charge in [0.1, 0.15) is 5.76 Å². The summed E-state index contributed by atoms with van der Waals surface area (Å²) >= 11 is 0. The summed E-state index contributed by atoms with van der Waals surface area (Å²) in [4.78, 5) is 25.8. The van der Waals surface area contributed by atoms with Crippen LogP contribution in [0.5, 0.6) is 0 Å². The molecular formula is C15H19N3O3. The smallest absolute Gasteiger partial charge is 0.276 e. The van der Waals surface area contributed by atoms with E-state index in [1.54, 1.807) is 6.07 Å². The second-order valence-corrected chi connectivity index (χ2v) is 6.40. The topological polar surface area (TPSA) is 75.4 Å². The van der Waals surface area contributed by atoms with E-state index in [0.29, 0.717) is 37.0 Å². The Labute approximate surface area is 122 Å². The first kappa shape index (κ1) is 12.9. The number of carbonyl (C=O) groups is 2. The molecular weight excluding hydrogens is 270 g/mol. The average Bonchev–Trinajstić information content (AvgIpc) is 3.23. The van der Waals surface area contributed by atoms with Gasteiger partial charge in [-0.3, -0.25) is 9.59 Å². The summed E-state index contributed by atoms with van der Waals surface area (Å²) in [6.45, 7) is 1.38. The zero-order valence-electron chi connectivity index (χ0n) is 11.9. The van der Waals surface area contributed by atoms with Crippen LogP contribution in [-0.4, -0.2) is 41.0 Å². The molecule has 0 spiro atoms. The van der Waals surface area contributed by atoms with Crippen molar-refractivity contribution in [3.05, 3.63) is 17.5 Å². The van der Waals surface area contributed by atoms with Gasteiger partial charge in [-0.25, -0.2) is 0 Å². The first-order valence-corrected chi connectivity index (χ1v) is 7.76. The number of rotatable bonds is 2. The second kappa shape index (κ2) is 4.86. The van der Waals surface area contributed by atoms with Gasteiger partial charge < -0.3 is 14.7 Å². The molecule has 2 amide bonds. The van der Waals surface area contributed by atoms with Gasteiger partial charge in [0.25, 0.3) is 5.91 Å². The third kappa shape index (κ3) is 2.43. The normalized spacial score (nSPS) is 29.0. The largest absolute Gasteiger partial charge is 0.360 e. The molecule has 6 nitrogen and oxygen atoms in total. The molecule has 0 radical (unpaired) electrons. The lowest BCUT2D eigenvalue weighted by Gasteiger charge is -2.41. The molecule has 112 valence electrons. The van der Waals surface area contributed by atoms with Crippen LogP contribution >= 0.6 is 0 Å². The highest BCUT2D eigenvalue weighted by molar-refractivity contribution is 5.92. The highest BCUT2D eigenvalue weighted by Gasteiger charge is 2.36. The molecule has 2 atom stereocenters. The lowest BCUT2D eigenvalue weighted by atomic mass is 9.85. The van der Waals surface area contributed by atoms with Crippen LogP contribution in [0.15, 0.2) is 10.6 Å². The molecule has 3 heterocycles. The van der Waals surface area contributed by atoms with Gasteiger partial charge in [-0.2, -0.15) is 0 Å². The molecule has 1 aromatic heterocycles. The first-order valence-electron chi connectivity index (χ1n) is 7.76. The highest BCUT2D eigenvalue weighted by Crippen LogP contribution is 2.40. The Morgan fingerprint density at radius 2 is 2.19 bits per heavy atom. The van der Waals surface area contributed by atoms with Crippen molar-refractivity contribution in [1.82, 2.24) is 15.4 Å². The van der Waals surface area contributed by atoms with Crippen molar-refractivity contribution in [2.24, 2.45) is 5.92 Å². The predicted molar refractivity (Wildman–Crippen MR) is 73.7 cm³/mol. The Bertz CT molecular complexity index is 578. The van der Waals surface area contributed by atoms with E-state index in [-0.39, 0.29) is 17.9 Å². The van der Waals surface area contributed by atoms with Crippen molar-refractivity contribution >= 4 is 11.8 Å². The number of hydrogen-bond donors (Lipinski definition) is 1. The molecule has 2 unspecified atom stereocenters. The van der Waals surface area contributed by atoms with E-state index in [1.165, 1.54) is 0 Å².